The quantitative estimate of drug-likeness (QED) is 0.296. The van der Waals surface area contributed by atoms with Crippen LogP contribution in [0.2, 0.25) is 10.0 Å². The number of aromatic nitrogens is 2. The van der Waals surface area contributed by atoms with E-state index in [1.54, 1.807) is 18.2 Å². The first-order chi connectivity index (χ1) is 17.1. The minimum absolute atomic E-state index is 0.0827. The lowest BCUT2D eigenvalue weighted by Gasteiger charge is -2.26. The average molecular weight is 545 g/mol. The molecule has 0 radical (unpaired) electrons. The van der Waals surface area contributed by atoms with Crippen molar-refractivity contribution >= 4 is 45.1 Å². The Morgan fingerprint density at radius 3 is 2.36 bits per heavy atom. The smallest absolute Gasteiger partial charge is 0.322 e. The van der Waals surface area contributed by atoms with E-state index in [-0.39, 0.29) is 35.0 Å². The molecule has 0 aliphatic rings. The molecule has 0 unspecified atom stereocenters. The van der Waals surface area contributed by atoms with Gasteiger partial charge in [-0.1, -0.05) is 58.6 Å². The van der Waals surface area contributed by atoms with Crippen LogP contribution in [0.25, 0.3) is 11.5 Å². The van der Waals surface area contributed by atoms with E-state index in [1.807, 2.05) is 44.2 Å². The Bertz CT molecular complexity index is 1470. The number of nitrogens with zero attached hydrogens (tertiary/aromatic N) is 3. The number of sulfonamides is 1. The molecular weight excluding hydrogens is 523 g/mol. The van der Waals surface area contributed by atoms with E-state index in [0.717, 1.165) is 5.56 Å². The van der Waals surface area contributed by atoms with Crippen molar-refractivity contribution in [2.75, 3.05) is 5.32 Å². The molecule has 1 amide bonds. The molecule has 0 saturated carbocycles. The number of benzene rings is 3. The van der Waals surface area contributed by atoms with Crippen LogP contribution in [0.4, 0.5) is 6.01 Å². The highest BCUT2D eigenvalue weighted by molar-refractivity contribution is 7.89. The second-order valence-electron chi connectivity index (χ2n) is 8.14. The molecule has 1 heterocycles. The van der Waals surface area contributed by atoms with Gasteiger partial charge in [-0.25, -0.2) is 8.42 Å². The molecule has 36 heavy (non-hydrogen) atoms. The summed E-state index contributed by atoms with van der Waals surface area (Å²) in [6, 6.07) is 19.4. The second kappa shape index (κ2) is 10.8. The van der Waals surface area contributed by atoms with Gasteiger partial charge in [0.15, 0.2) is 0 Å². The summed E-state index contributed by atoms with van der Waals surface area (Å²) in [6.45, 7) is 3.87. The van der Waals surface area contributed by atoms with Crippen molar-refractivity contribution in [3.63, 3.8) is 0 Å². The summed E-state index contributed by atoms with van der Waals surface area (Å²) in [7, 11) is -3.80. The Morgan fingerprint density at radius 2 is 1.69 bits per heavy atom. The fourth-order valence-electron chi connectivity index (χ4n) is 3.44. The van der Waals surface area contributed by atoms with Crippen molar-refractivity contribution in [3.05, 3.63) is 94.0 Å². The lowest BCUT2D eigenvalue weighted by Crippen LogP contribution is -2.36. The van der Waals surface area contributed by atoms with Crippen LogP contribution in [0.3, 0.4) is 0 Å². The summed E-state index contributed by atoms with van der Waals surface area (Å²) in [4.78, 5) is 12.8. The van der Waals surface area contributed by atoms with Gasteiger partial charge in [0.1, 0.15) is 0 Å². The van der Waals surface area contributed by atoms with E-state index >= 15 is 0 Å². The SMILES string of the molecule is CC(C)N(Cc1ccccc1)S(=O)(=O)c1ccc(C(=O)Nc2nnc(-c3cc(Cl)ccc3Cl)o2)cc1. The molecule has 4 rings (SSSR count). The van der Waals surface area contributed by atoms with Gasteiger partial charge in [0, 0.05) is 23.2 Å². The zero-order chi connectivity index (χ0) is 25.9. The zero-order valence-electron chi connectivity index (χ0n) is 19.4. The van der Waals surface area contributed by atoms with Crippen LogP contribution in [0.1, 0.15) is 29.8 Å². The van der Waals surface area contributed by atoms with Crippen molar-refractivity contribution in [3.8, 4) is 11.5 Å². The molecule has 1 N–H and O–H groups in total. The summed E-state index contributed by atoms with van der Waals surface area (Å²) in [5.41, 5.74) is 1.52. The molecule has 0 fully saturated rings. The maximum absolute atomic E-state index is 13.3. The molecule has 0 aliphatic carbocycles. The summed E-state index contributed by atoms with van der Waals surface area (Å²) in [6.07, 6.45) is 0. The lowest BCUT2D eigenvalue weighted by molar-refractivity contribution is 0.102. The number of hydrogen-bond acceptors (Lipinski definition) is 6. The number of hydrogen-bond donors (Lipinski definition) is 1. The summed E-state index contributed by atoms with van der Waals surface area (Å²) < 4.78 is 33.5. The van der Waals surface area contributed by atoms with E-state index < -0.39 is 15.9 Å². The molecule has 0 spiro atoms. The van der Waals surface area contributed by atoms with Crippen LogP contribution < -0.4 is 5.32 Å². The van der Waals surface area contributed by atoms with Crippen LogP contribution >= 0.6 is 23.2 Å². The third-order valence-electron chi connectivity index (χ3n) is 5.28. The van der Waals surface area contributed by atoms with Crippen molar-refractivity contribution in [1.29, 1.82) is 0 Å². The van der Waals surface area contributed by atoms with Gasteiger partial charge < -0.3 is 4.42 Å². The molecule has 3 aromatic carbocycles. The minimum Gasteiger partial charge on any atom is -0.403 e. The topological polar surface area (TPSA) is 105 Å². The predicted molar refractivity (Wildman–Crippen MR) is 138 cm³/mol. The highest BCUT2D eigenvalue weighted by atomic mass is 35.5. The minimum atomic E-state index is -3.80. The Morgan fingerprint density at radius 1 is 1.00 bits per heavy atom. The maximum atomic E-state index is 13.3. The van der Waals surface area contributed by atoms with Gasteiger partial charge in [-0.3, -0.25) is 10.1 Å². The van der Waals surface area contributed by atoms with Gasteiger partial charge in [0.05, 0.1) is 15.5 Å². The standard InChI is InChI=1S/C25H22Cl2N4O4S/c1-16(2)31(15-17-6-4-3-5-7-17)36(33,34)20-11-8-18(9-12-20)23(32)28-25-30-29-24(35-25)21-14-19(26)10-13-22(21)27/h3-14,16H,15H2,1-2H3,(H,28,30,32). The number of amides is 1. The van der Waals surface area contributed by atoms with Crippen LogP contribution in [-0.4, -0.2) is 34.9 Å². The zero-order valence-corrected chi connectivity index (χ0v) is 21.7. The first-order valence-electron chi connectivity index (χ1n) is 10.9. The van der Waals surface area contributed by atoms with E-state index in [0.29, 0.717) is 15.6 Å². The van der Waals surface area contributed by atoms with Gasteiger partial charge in [-0.15, -0.1) is 5.10 Å². The third-order valence-corrected chi connectivity index (χ3v) is 7.89. The number of rotatable bonds is 8. The highest BCUT2D eigenvalue weighted by Crippen LogP contribution is 2.30. The Kier molecular flexibility index (Phi) is 7.75. The molecule has 186 valence electrons. The molecule has 1 aromatic heterocycles. The van der Waals surface area contributed by atoms with E-state index in [1.165, 1.54) is 28.6 Å². The molecule has 8 nitrogen and oxygen atoms in total. The second-order valence-corrected chi connectivity index (χ2v) is 10.9. The molecule has 0 atom stereocenters. The number of anilines is 1. The van der Waals surface area contributed by atoms with E-state index in [2.05, 4.69) is 15.5 Å². The van der Waals surface area contributed by atoms with Gasteiger partial charge >= 0.3 is 6.01 Å². The van der Waals surface area contributed by atoms with E-state index in [9.17, 15) is 13.2 Å². The monoisotopic (exact) mass is 544 g/mol. The van der Waals surface area contributed by atoms with Crippen molar-refractivity contribution in [2.45, 2.75) is 31.3 Å². The third kappa shape index (κ3) is 5.76. The normalized spacial score (nSPS) is 11.7. The molecule has 4 aromatic rings. The van der Waals surface area contributed by atoms with Crippen LogP contribution in [0.5, 0.6) is 0 Å². The van der Waals surface area contributed by atoms with Gasteiger partial charge in [0.25, 0.3) is 11.8 Å². The fourth-order valence-corrected chi connectivity index (χ4v) is 5.43. The van der Waals surface area contributed by atoms with Gasteiger partial charge in [-0.05, 0) is 61.9 Å². The first kappa shape index (κ1) is 25.8. The predicted octanol–water partition coefficient (Wildman–Crippen LogP) is 5.90. The molecule has 0 aliphatic heterocycles. The molecule has 0 bridgehead atoms. The summed E-state index contributed by atoms with van der Waals surface area (Å²) in [5, 5.41) is 11.0. The fraction of sp³-hybridized carbons (Fsp3) is 0.160. The van der Waals surface area contributed by atoms with Gasteiger partial charge in [0.2, 0.25) is 10.0 Å². The number of carbonyl (C=O) groups is 1. The maximum Gasteiger partial charge on any atom is 0.322 e. The first-order valence-corrected chi connectivity index (χ1v) is 13.1. The van der Waals surface area contributed by atoms with Crippen molar-refractivity contribution in [1.82, 2.24) is 14.5 Å². The van der Waals surface area contributed by atoms with E-state index in [4.69, 9.17) is 27.6 Å². The van der Waals surface area contributed by atoms with Crippen molar-refractivity contribution < 1.29 is 17.6 Å². The van der Waals surface area contributed by atoms with Crippen molar-refractivity contribution in [2.24, 2.45) is 0 Å². The van der Waals surface area contributed by atoms with Crippen LogP contribution in [-0.2, 0) is 16.6 Å². The Hall–Kier alpha value is -3.24. The molecule has 11 heteroatoms. The lowest BCUT2D eigenvalue weighted by atomic mass is 10.2. The number of carbonyl (C=O) groups excluding carboxylic acids is 1. The average Bonchev–Trinajstić information content (AvgIpc) is 3.32. The highest BCUT2D eigenvalue weighted by Gasteiger charge is 2.27. The Balaban J connectivity index is 1.49. The largest absolute Gasteiger partial charge is 0.403 e. The Labute approximate surface area is 218 Å². The molecular formula is C25H22Cl2N4O4S. The summed E-state index contributed by atoms with van der Waals surface area (Å²) in [5.74, 6) is -0.456. The molecule has 0 saturated heterocycles. The number of nitrogens with one attached hydrogen (secondary N) is 1. The van der Waals surface area contributed by atoms with Crippen LogP contribution in [0.15, 0.2) is 82.1 Å². The van der Waals surface area contributed by atoms with Crippen LogP contribution in [0, 0.1) is 0 Å². The number of halogens is 2. The van der Waals surface area contributed by atoms with Gasteiger partial charge in [-0.2, -0.15) is 4.31 Å². The summed E-state index contributed by atoms with van der Waals surface area (Å²) >= 11 is 12.1.